The van der Waals surface area contributed by atoms with Crippen molar-refractivity contribution in [1.82, 2.24) is 4.90 Å². The lowest BCUT2D eigenvalue weighted by molar-refractivity contribution is -0.132. The maximum atomic E-state index is 10.7. The van der Waals surface area contributed by atoms with Crippen molar-refractivity contribution in [3.63, 3.8) is 0 Å². The molecule has 64 valence electrons. The van der Waals surface area contributed by atoms with Gasteiger partial charge in [-0.3, -0.25) is 4.79 Å². The van der Waals surface area contributed by atoms with Crippen molar-refractivity contribution in [3.05, 3.63) is 13.2 Å². The molecule has 0 bridgehead atoms. The average Bonchev–Trinajstić information content (AvgIpc) is 2.10. The van der Waals surface area contributed by atoms with Crippen LogP contribution in [0.5, 0.6) is 0 Å². The molecule has 3 nitrogen and oxygen atoms in total. The number of morpholine rings is 1. The summed E-state index contributed by atoms with van der Waals surface area (Å²) in [6.07, 6.45) is 0. The summed E-state index contributed by atoms with van der Waals surface area (Å²) >= 11 is 0. The van der Waals surface area contributed by atoms with Crippen LogP contribution in [0.15, 0.2) is 13.2 Å². The van der Waals surface area contributed by atoms with Gasteiger partial charge in [-0.05, 0) is 0 Å². The molecule has 0 spiro atoms. The van der Waals surface area contributed by atoms with Crippen molar-refractivity contribution in [3.8, 4) is 0 Å². The lowest BCUT2D eigenvalue weighted by atomic mass is 10.4. The molecule has 0 radical (unpaired) electrons. The second-order valence-corrected chi connectivity index (χ2v) is 2.12. The van der Waals surface area contributed by atoms with E-state index in [0.29, 0.717) is 13.2 Å². The standard InChI is InChI=1S/C6H11NO2.C2H4/c1-6(8)7-2-4-9-5-3-7;1-2/h2-5H2,1H3;1-2H2. The highest BCUT2D eigenvalue weighted by Gasteiger charge is 2.11. The summed E-state index contributed by atoms with van der Waals surface area (Å²) in [5.74, 6) is 0.151. The monoisotopic (exact) mass is 157 g/mol. The van der Waals surface area contributed by atoms with Gasteiger partial charge in [-0.2, -0.15) is 0 Å². The molecule has 1 aliphatic rings. The lowest BCUT2D eigenvalue weighted by Gasteiger charge is -2.25. The maximum absolute atomic E-state index is 10.7. The van der Waals surface area contributed by atoms with Gasteiger partial charge in [0.1, 0.15) is 0 Å². The Morgan fingerprint density at radius 3 is 2.09 bits per heavy atom. The Morgan fingerprint density at radius 1 is 1.36 bits per heavy atom. The van der Waals surface area contributed by atoms with Crippen LogP contribution in [0.3, 0.4) is 0 Å². The van der Waals surface area contributed by atoms with Crippen LogP contribution < -0.4 is 0 Å². The van der Waals surface area contributed by atoms with Gasteiger partial charge < -0.3 is 9.64 Å². The fourth-order valence-electron chi connectivity index (χ4n) is 0.878. The van der Waals surface area contributed by atoms with Crippen molar-refractivity contribution in [2.75, 3.05) is 26.3 Å². The fourth-order valence-corrected chi connectivity index (χ4v) is 0.878. The van der Waals surface area contributed by atoms with Crippen molar-refractivity contribution in [1.29, 1.82) is 0 Å². The van der Waals surface area contributed by atoms with Crippen LogP contribution in [-0.2, 0) is 9.53 Å². The number of amides is 1. The Labute approximate surface area is 67.6 Å². The molecular formula is C8H15NO2. The largest absolute Gasteiger partial charge is 0.378 e. The van der Waals surface area contributed by atoms with Crippen LogP contribution in [0, 0.1) is 0 Å². The summed E-state index contributed by atoms with van der Waals surface area (Å²) in [6, 6.07) is 0. The van der Waals surface area contributed by atoms with Crippen molar-refractivity contribution >= 4 is 5.91 Å². The number of nitrogens with zero attached hydrogens (tertiary/aromatic N) is 1. The Bertz CT molecular complexity index is 119. The number of rotatable bonds is 0. The molecule has 1 saturated heterocycles. The molecule has 1 aliphatic heterocycles. The average molecular weight is 157 g/mol. The molecule has 1 amide bonds. The molecule has 0 unspecified atom stereocenters. The summed E-state index contributed by atoms with van der Waals surface area (Å²) in [5, 5.41) is 0. The molecular weight excluding hydrogens is 142 g/mol. The van der Waals surface area contributed by atoms with Gasteiger partial charge in [0.15, 0.2) is 0 Å². The van der Waals surface area contributed by atoms with Crippen LogP contribution in [0.4, 0.5) is 0 Å². The normalized spacial score (nSPS) is 16.6. The second kappa shape index (κ2) is 5.92. The fraction of sp³-hybridized carbons (Fsp3) is 0.625. The van der Waals surface area contributed by atoms with E-state index < -0.39 is 0 Å². The summed E-state index contributed by atoms with van der Waals surface area (Å²) < 4.78 is 5.06. The summed E-state index contributed by atoms with van der Waals surface area (Å²) in [4.78, 5) is 12.5. The number of carbonyl (C=O) groups is 1. The molecule has 1 heterocycles. The predicted molar refractivity (Wildman–Crippen MR) is 44.3 cm³/mol. The molecule has 0 N–H and O–H groups in total. The number of carbonyl (C=O) groups excluding carboxylic acids is 1. The topological polar surface area (TPSA) is 29.5 Å². The van der Waals surface area contributed by atoms with Gasteiger partial charge in [0.25, 0.3) is 0 Å². The molecule has 0 aliphatic carbocycles. The zero-order valence-electron chi connectivity index (χ0n) is 7.01. The number of hydrogen-bond donors (Lipinski definition) is 0. The van der Waals surface area contributed by atoms with Gasteiger partial charge in [0.05, 0.1) is 13.2 Å². The van der Waals surface area contributed by atoms with E-state index in [4.69, 9.17) is 4.74 Å². The second-order valence-electron chi connectivity index (χ2n) is 2.12. The number of hydrogen-bond acceptors (Lipinski definition) is 2. The van der Waals surface area contributed by atoms with Gasteiger partial charge in [-0.1, -0.05) is 0 Å². The molecule has 0 atom stereocenters. The summed E-state index contributed by atoms with van der Waals surface area (Å²) in [5.41, 5.74) is 0. The van der Waals surface area contributed by atoms with Crippen molar-refractivity contribution < 1.29 is 9.53 Å². The molecule has 3 heteroatoms. The minimum absolute atomic E-state index is 0.151. The van der Waals surface area contributed by atoms with Crippen LogP contribution in [0.2, 0.25) is 0 Å². The van der Waals surface area contributed by atoms with Gasteiger partial charge in [-0.25, -0.2) is 0 Å². The molecule has 11 heavy (non-hydrogen) atoms. The summed E-state index contributed by atoms with van der Waals surface area (Å²) in [6.45, 7) is 10.5. The van der Waals surface area contributed by atoms with Gasteiger partial charge in [0.2, 0.25) is 5.91 Å². The van der Waals surface area contributed by atoms with E-state index in [0.717, 1.165) is 13.1 Å². The molecule has 1 fully saturated rings. The highest BCUT2D eigenvalue weighted by Crippen LogP contribution is 1.95. The molecule has 1 rings (SSSR count). The Kier molecular flexibility index (Phi) is 5.47. The molecule has 0 aromatic rings. The Morgan fingerprint density at radius 2 is 1.82 bits per heavy atom. The van der Waals surface area contributed by atoms with E-state index in [1.807, 2.05) is 0 Å². The quantitative estimate of drug-likeness (QED) is 0.484. The van der Waals surface area contributed by atoms with Gasteiger partial charge >= 0.3 is 0 Å². The highest BCUT2D eigenvalue weighted by atomic mass is 16.5. The maximum Gasteiger partial charge on any atom is 0.219 e. The van der Waals surface area contributed by atoms with Gasteiger partial charge in [-0.15, -0.1) is 13.2 Å². The first-order valence-corrected chi connectivity index (χ1v) is 3.64. The van der Waals surface area contributed by atoms with E-state index in [1.165, 1.54) is 0 Å². The Hall–Kier alpha value is -0.830. The zero-order valence-corrected chi connectivity index (χ0v) is 7.01. The third kappa shape index (κ3) is 3.78. The smallest absolute Gasteiger partial charge is 0.219 e. The van der Waals surface area contributed by atoms with Crippen LogP contribution in [0.1, 0.15) is 6.92 Å². The predicted octanol–water partition coefficient (Wildman–Crippen LogP) is 0.667. The van der Waals surface area contributed by atoms with Crippen molar-refractivity contribution in [2.24, 2.45) is 0 Å². The third-order valence-electron chi connectivity index (χ3n) is 1.46. The first kappa shape index (κ1) is 10.2. The van der Waals surface area contributed by atoms with E-state index >= 15 is 0 Å². The van der Waals surface area contributed by atoms with Crippen LogP contribution in [0.25, 0.3) is 0 Å². The third-order valence-corrected chi connectivity index (χ3v) is 1.46. The minimum atomic E-state index is 0.151. The summed E-state index contributed by atoms with van der Waals surface area (Å²) in [7, 11) is 0. The van der Waals surface area contributed by atoms with E-state index in [1.54, 1.807) is 11.8 Å². The first-order valence-electron chi connectivity index (χ1n) is 3.64. The first-order chi connectivity index (χ1) is 5.30. The van der Waals surface area contributed by atoms with Crippen molar-refractivity contribution in [2.45, 2.75) is 6.92 Å². The molecule has 0 saturated carbocycles. The SMILES string of the molecule is C=C.CC(=O)N1CCOCC1. The van der Waals surface area contributed by atoms with E-state index in [9.17, 15) is 4.79 Å². The Balaban J connectivity index is 0.000000461. The minimum Gasteiger partial charge on any atom is -0.378 e. The van der Waals surface area contributed by atoms with Crippen LogP contribution in [-0.4, -0.2) is 37.1 Å². The van der Waals surface area contributed by atoms with E-state index in [2.05, 4.69) is 13.2 Å². The van der Waals surface area contributed by atoms with Gasteiger partial charge in [0, 0.05) is 20.0 Å². The molecule has 0 aromatic carbocycles. The molecule has 0 aromatic heterocycles. The van der Waals surface area contributed by atoms with Crippen LogP contribution >= 0.6 is 0 Å². The number of ether oxygens (including phenoxy) is 1. The van der Waals surface area contributed by atoms with E-state index in [-0.39, 0.29) is 5.91 Å². The lowest BCUT2D eigenvalue weighted by Crippen LogP contribution is -2.39. The highest BCUT2D eigenvalue weighted by molar-refractivity contribution is 5.73. The zero-order chi connectivity index (χ0) is 8.69.